The van der Waals surface area contributed by atoms with Crippen molar-refractivity contribution in [1.82, 2.24) is 4.57 Å². The van der Waals surface area contributed by atoms with Crippen molar-refractivity contribution in [2.45, 2.75) is 19.4 Å². The Morgan fingerprint density at radius 3 is 2.61 bits per heavy atom. The minimum absolute atomic E-state index is 0.0643. The van der Waals surface area contributed by atoms with Crippen LogP contribution < -0.4 is 20.8 Å². The van der Waals surface area contributed by atoms with Crippen molar-refractivity contribution >= 4 is 0 Å². The summed E-state index contributed by atoms with van der Waals surface area (Å²) in [7, 11) is 1.58. The number of halogens is 1. The van der Waals surface area contributed by atoms with Crippen LogP contribution in [-0.2, 0) is 6.54 Å². The second-order valence-electron chi connectivity index (χ2n) is 7.24. The highest BCUT2D eigenvalue weighted by molar-refractivity contribution is 5.55. The van der Waals surface area contributed by atoms with E-state index in [-0.39, 0.29) is 29.1 Å². The van der Waals surface area contributed by atoms with Gasteiger partial charge in [-0.15, -0.1) is 0 Å². The van der Waals surface area contributed by atoms with Crippen molar-refractivity contribution in [1.29, 1.82) is 5.26 Å². The van der Waals surface area contributed by atoms with E-state index in [1.54, 1.807) is 36.8 Å². The molecule has 7 heteroatoms. The molecule has 0 bridgehead atoms. The van der Waals surface area contributed by atoms with Gasteiger partial charge in [0.25, 0.3) is 5.56 Å². The molecule has 0 saturated carbocycles. The van der Waals surface area contributed by atoms with Crippen LogP contribution in [0.2, 0.25) is 0 Å². The van der Waals surface area contributed by atoms with Gasteiger partial charge in [-0.25, -0.2) is 4.39 Å². The molecule has 4 rings (SSSR count). The monoisotopic (exact) mass is 417 g/mol. The summed E-state index contributed by atoms with van der Waals surface area (Å²) in [5.41, 5.74) is 8.17. The van der Waals surface area contributed by atoms with E-state index in [2.05, 4.69) is 6.07 Å². The first kappa shape index (κ1) is 20.2. The quantitative estimate of drug-likeness (QED) is 0.701. The van der Waals surface area contributed by atoms with Crippen LogP contribution in [0.1, 0.15) is 28.3 Å². The molecule has 1 aliphatic heterocycles. The lowest BCUT2D eigenvalue weighted by atomic mass is 9.84. The van der Waals surface area contributed by atoms with Gasteiger partial charge in [-0.1, -0.05) is 30.3 Å². The maximum atomic E-state index is 13.7. The number of aromatic nitrogens is 1. The third kappa shape index (κ3) is 3.53. The molecule has 156 valence electrons. The third-order valence-corrected chi connectivity index (χ3v) is 5.41. The predicted octanol–water partition coefficient (Wildman–Crippen LogP) is 3.57. The first-order chi connectivity index (χ1) is 14.9. The zero-order chi connectivity index (χ0) is 22.1. The number of para-hydroxylation sites is 1. The number of nitrogens with zero attached hydrogens (tertiary/aromatic N) is 2. The van der Waals surface area contributed by atoms with Crippen molar-refractivity contribution in [2.75, 3.05) is 7.11 Å². The van der Waals surface area contributed by atoms with E-state index in [0.717, 1.165) is 5.56 Å². The second-order valence-corrected chi connectivity index (χ2v) is 7.24. The standard InChI is InChI=1S/C24H20FN3O3/c1-14-11-20-22(24(29)28(14)13-16-5-3-4-6-19(16)30-2)21(18(12-26)23(27)31-20)15-7-9-17(25)10-8-15/h3-11,21H,13,27H2,1-2H3/t21-/m1/s1. The molecule has 0 aliphatic carbocycles. The molecule has 0 saturated heterocycles. The van der Waals surface area contributed by atoms with Crippen LogP contribution >= 0.6 is 0 Å². The van der Waals surface area contributed by atoms with E-state index in [1.165, 1.54) is 12.1 Å². The Morgan fingerprint density at radius 1 is 1.23 bits per heavy atom. The lowest BCUT2D eigenvalue weighted by Crippen LogP contribution is -2.33. The van der Waals surface area contributed by atoms with Gasteiger partial charge in [0.1, 0.15) is 29.0 Å². The Morgan fingerprint density at radius 2 is 1.94 bits per heavy atom. The zero-order valence-corrected chi connectivity index (χ0v) is 17.1. The molecule has 2 heterocycles. The fourth-order valence-electron chi connectivity index (χ4n) is 3.88. The lowest BCUT2D eigenvalue weighted by Gasteiger charge is -2.27. The number of hydrogen-bond acceptors (Lipinski definition) is 5. The smallest absolute Gasteiger partial charge is 0.259 e. The van der Waals surface area contributed by atoms with Crippen LogP contribution in [0.4, 0.5) is 4.39 Å². The summed E-state index contributed by atoms with van der Waals surface area (Å²) in [5.74, 6) is -0.273. The van der Waals surface area contributed by atoms with Gasteiger partial charge in [-0.2, -0.15) is 5.26 Å². The highest BCUT2D eigenvalue weighted by atomic mass is 19.1. The average molecular weight is 417 g/mol. The van der Waals surface area contributed by atoms with E-state index in [0.29, 0.717) is 22.8 Å². The molecule has 0 unspecified atom stereocenters. The Labute approximate surface area is 178 Å². The van der Waals surface area contributed by atoms with Gasteiger partial charge in [0.05, 0.1) is 25.1 Å². The number of fused-ring (bicyclic) bond motifs is 1. The molecular weight excluding hydrogens is 397 g/mol. The van der Waals surface area contributed by atoms with Crippen LogP contribution in [0.3, 0.4) is 0 Å². The minimum Gasteiger partial charge on any atom is -0.496 e. The third-order valence-electron chi connectivity index (χ3n) is 5.41. The molecule has 0 radical (unpaired) electrons. The first-order valence-corrected chi connectivity index (χ1v) is 9.64. The molecule has 0 amide bonds. The SMILES string of the molecule is COc1ccccc1Cn1c(C)cc2c(c1=O)[C@H](c1ccc(F)cc1)C(C#N)=C(N)O2. The number of rotatable bonds is 4. The summed E-state index contributed by atoms with van der Waals surface area (Å²) in [5, 5.41) is 9.72. The van der Waals surface area contributed by atoms with Crippen molar-refractivity contribution in [3.05, 3.63) is 105 Å². The van der Waals surface area contributed by atoms with Crippen LogP contribution in [0.15, 0.2) is 70.8 Å². The van der Waals surface area contributed by atoms with Gasteiger partial charge >= 0.3 is 0 Å². The number of aryl methyl sites for hydroxylation is 1. The summed E-state index contributed by atoms with van der Waals surface area (Å²) < 4.78 is 26.2. The van der Waals surface area contributed by atoms with Gasteiger partial charge in [-0.3, -0.25) is 4.79 Å². The summed E-state index contributed by atoms with van der Waals surface area (Å²) in [6, 6.07) is 16.9. The highest BCUT2D eigenvalue weighted by Gasteiger charge is 2.34. The van der Waals surface area contributed by atoms with E-state index in [1.807, 2.05) is 24.3 Å². The highest BCUT2D eigenvalue weighted by Crippen LogP contribution is 2.40. The van der Waals surface area contributed by atoms with Gasteiger partial charge < -0.3 is 19.8 Å². The maximum Gasteiger partial charge on any atom is 0.259 e. The minimum atomic E-state index is -0.758. The number of hydrogen-bond donors (Lipinski definition) is 1. The lowest BCUT2D eigenvalue weighted by molar-refractivity contribution is 0.388. The van der Waals surface area contributed by atoms with Crippen LogP contribution in [0, 0.1) is 24.1 Å². The van der Waals surface area contributed by atoms with E-state index < -0.39 is 11.7 Å². The molecule has 0 fully saturated rings. The number of pyridine rings is 1. The fraction of sp³-hybridized carbons (Fsp3) is 0.167. The largest absolute Gasteiger partial charge is 0.496 e. The van der Waals surface area contributed by atoms with Gasteiger partial charge in [0.15, 0.2) is 0 Å². The average Bonchev–Trinajstić information content (AvgIpc) is 2.76. The summed E-state index contributed by atoms with van der Waals surface area (Å²) in [4.78, 5) is 13.7. The van der Waals surface area contributed by atoms with Gasteiger partial charge in [0, 0.05) is 17.3 Å². The molecule has 31 heavy (non-hydrogen) atoms. The van der Waals surface area contributed by atoms with Crippen molar-refractivity contribution in [3.8, 4) is 17.6 Å². The molecule has 2 aromatic carbocycles. The Kier molecular flexibility index (Phi) is 5.22. The molecule has 1 aliphatic rings. The summed E-state index contributed by atoms with van der Waals surface area (Å²) in [6.07, 6.45) is 0. The molecule has 0 spiro atoms. The number of nitrogens with two attached hydrogens (primary N) is 1. The topological polar surface area (TPSA) is 90.3 Å². The number of allylic oxidation sites excluding steroid dienone is 1. The number of nitriles is 1. The fourth-order valence-corrected chi connectivity index (χ4v) is 3.88. The normalized spacial score (nSPS) is 15.1. The molecule has 1 aromatic heterocycles. The van der Waals surface area contributed by atoms with E-state index in [9.17, 15) is 14.4 Å². The first-order valence-electron chi connectivity index (χ1n) is 9.64. The van der Waals surface area contributed by atoms with Crippen LogP contribution in [0.25, 0.3) is 0 Å². The number of ether oxygens (including phenoxy) is 2. The Balaban J connectivity index is 1.92. The molecule has 2 N–H and O–H groups in total. The van der Waals surface area contributed by atoms with Crippen molar-refractivity contribution in [2.24, 2.45) is 5.73 Å². The van der Waals surface area contributed by atoms with Crippen LogP contribution in [0.5, 0.6) is 11.5 Å². The van der Waals surface area contributed by atoms with Crippen molar-refractivity contribution in [3.63, 3.8) is 0 Å². The number of methoxy groups -OCH3 is 1. The maximum absolute atomic E-state index is 13.7. The Hall–Kier alpha value is -4.05. The summed E-state index contributed by atoms with van der Waals surface area (Å²) in [6.45, 7) is 2.08. The zero-order valence-electron chi connectivity index (χ0n) is 17.1. The van der Waals surface area contributed by atoms with E-state index >= 15 is 0 Å². The van der Waals surface area contributed by atoms with Crippen LogP contribution in [-0.4, -0.2) is 11.7 Å². The van der Waals surface area contributed by atoms with E-state index in [4.69, 9.17) is 15.2 Å². The van der Waals surface area contributed by atoms with Gasteiger partial charge in [-0.05, 0) is 30.7 Å². The molecule has 1 atom stereocenters. The predicted molar refractivity (Wildman–Crippen MR) is 113 cm³/mol. The second kappa shape index (κ2) is 8.00. The van der Waals surface area contributed by atoms with Gasteiger partial charge in [0.2, 0.25) is 5.88 Å². The summed E-state index contributed by atoms with van der Waals surface area (Å²) >= 11 is 0. The Bertz CT molecular complexity index is 1290. The van der Waals surface area contributed by atoms with Crippen molar-refractivity contribution < 1.29 is 13.9 Å². The molecular formula is C24H20FN3O3. The molecule has 6 nitrogen and oxygen atoms in total. The number of benzene rings is 2. The molecule has 3 aromatic rings.